The van der Waals surface area contributed by atoms with Crippen LogP contribution in [0.25, 0.3) is 0 Å². The lowest BCUT2D eigenvalue weighted by molar-refractivity contribution is -0.120. The van der Waals surface area contributed by atoms with Crippen molar-refractivity contribution in [1.29, 1.82) is 0 Å². The Balaban J connectivity index is 1.40. The van der Waals surface area contributed by atoms with E-state index < -0.39 is 10.0 Å². The lowest BCUT2D eigenvalue weighted by Crippen LogP contribution is -2.33. The van der Waals surface area contributed by atoms with Crippen molar-refractivity contribution in [2.24, 2.45) is 0 Å². The number of nitrogens with one attached hydrogen (secondary N) is 1. The predicted molar refractivity (Wildman–Crippen MR) is 120 cm³/mol. The van der Waals surface area contributed by atoms with Gasteiger partial charge in [-0.15, -0.1) is 0 Å². The lowest BCUT2D eigenvalue weighted by atomic mass is 10.2. The molecule has 0 radical (unpaired) electrons. The molecule has 0 unspecified atom stereocenters. The predicted octanol–water partition coefficient (Wildman–Crippen LogP) is 4.29. The standard InChI is InChI=1S/C21H22BrClN2O4S/c22-15-5-7-19-14(11-15)9-10-25(19)21(26)13-29-20-8-6-17(12-18(20)23)30(27,28)24-16-3-1-2-4-16/h5-8,11-12,16,24H,1-4,9-10,13H2. The molecular formula is C21H22BrClN2O4S. The second-order valence-electron chi connectivity index (χ2n) is 7.55. The van der Waals surface area contributed by atoms with Crippen molar-refractivity contribution in [3.63, 3.8) is 0 Å². The van der Waals surface area contributed by atoms with Crippen LogP contribution in [0, 0.1) is 0 Å². The number of carbonyl (C=O) groups is 1. The summed E-state index contributed by atoms with van der Waals surface area (Å²) in [7, 11) is -3.63. The van der Waals surface area contributed by atoms with Gasteiger partial charge >= 0.3 is 0 Å². The number of amides is 1. The van der Waals surface area contributed by atoms with Gasteiger partial charge in [-0.1, -0.05) is 40.4 Å². The average molecular weight is 514 g/mol. The van der Waals surface area contributed by atoms with Gasteiger partial charge in [0.2, 0.25) is 10.0 Å². The molecule has 0 spiro atoms. The molecule has 0 saturated heterocycles. The molecule has 1 N–H and O–H groups in total. The Hall–Kier alpha value is -1.61. The van der Waals surface area contributed by atoms with Gasteiger partial charge in [0, 0.05) is 22.7 Å². The average Bonchev–Trinajstić information content (AvgIpc) is 3.35. The zero-order chi connectivity index (χ0) is 21.3. The van der Waals surface area contributed by atoms with Crippen LogP contribution in [0.3, 0.4) is 0 Å². The van der Waals surface area contributed by atoms with E-state index in [4.69, 9.17) is 16.3 Å². The molecule has 1 aliphatic heterocycles. The molecular weight excluding hydrogens is 492 g/mol. The molecule has 1 heterocycles. The van der Waals surface area contributed by atoms with Gasteiger partial charge in [0.1, 0.15) is 5.75 Å². The highest BCUT2D eigenvalue weighted by molar-refractivity contribution is 9.10. The summed E-state index contributed by atoms with van der Waals surface area (Å²) in [6.45, 7) is 0.424. The van der Waals surface area contributed by atoms with Gasteiger partial charge in [-0.3, -0.25) is 4.79 Å². The highest BCUT2D eigenvalue weighted by Gasteiger charge is 2.26. The van der Waals surface area contributed by atoms with E-state index in [1.807, 2.05) is 18.2 Å². The van der Waals surface area contributed by atoms with Crippen LogP contribution in [-0.2, 0) is 21.2 Å². The molecule has 1 amide bonds. The summed E-state index contributed by atoms with van der Waals surface area (Å²) >= 11 is 9.69. The SMILES string of the molecule is O=C(COc1ccc(S(=O)(=O)NC2CCCC2)cc1Cl)N1CCc2cc(Br)ccc21. The monoisotopic (exact) mass is 512 g/mol. The fourth-order valence-electron chi connectivity index (χ4n) is 3.94. The van der Waals surface area contributed by atoms with Gasteiger partial charge in [-0.05, 0) is 61.2 Å². The maximum absolute atomic E-state index is 12.6. The van der Waals surface area contributed by atoms with Crippen LogP contribution in [-0.4, -0.2) is 33.5 Å². The Kier molecular flexibility index (Phi) is 6.39. The number of rotatable bonds is 6. The molecule has 2 aromatic carbocycles. The molecule has 160 valence electrons. The summed E-state index contributed by atoms with van der Waals surface area (Å²) in [5.74, 6) is 0.104. The third-order valence-corrected chi connectivity index (χ3v) is 7.79. The molecule has 6 nitrogen and oxygen atoms in total. The van der Waals surface area contributed by atoms with Crippen LogP contribution in [0.5, 0.6) is 5.75 Å². The van der Waals surface area contributed by atoms with Gasteiger partial charge in [-0.25, -0.2) is 13.1 Å². The Morgan fingerprint density at radius 1 is 1.20 bits per heavy atom. The summed E-state index contributed by atoms with van der Waals surface area (Å²) in [6.07, 6.45) is 4.57. The highest BCUT2D eigenvalue weighted by atomic mass is 79.9. The van der Waals surface area contributed by atoms with Crippen LogP contribution in [0.15, 0.2) is 45.8 Å². The molecule has 30 heavy (non-hydrogen) atoms. The minimum Gasteiger partial charge on any atom is -0.482 e. The number of fused-ring (bicyclic) bond motifs is 1. The number of sulfonamides is 1. The van der Waals surface area contributed by atoms with Crippen molar-refractivity contribution in [2.45, 2.75) is 43.0 Å². The van der Waals surface area contributed by atoms with Crippen molar-refractivity contribution in [3.8, 4) is 5.75 Å². The number of anilines is 1. The van der Waals surface area contributed by atoms with Crippen molar-refractivity contribution in [3.05, 3.63) is 51.5 Å². The molecule has 1 fully saturated rings. The lowest BCUT2D eigenvalue weighted by Gasteiger charge is -2.18. The van der Waals surface area contributed by atoms with Crippen molar-refractivity contribution >= 4 is 49.1 Å². The van der Waals surface area contributed by atoms with Crippen LogP contribution in [0.2, 0.25) is 5.02 Å². The number of benzene rings is 2. The minimum atomic E-state index is -3.63. The quantitative estimate of drug-likeness (QED) is 0.625. The Bertz CT molecular complexity index is 1070. The Labute approximate surface area is 189 Å². The fourth-order valence-corrected chi connectivity index (χ4v) is 5.98. The smallest absolute Gasteiger partial charge is 0.264 e. The molecule has 9 heteroatoms. The van der Waals surface area contributed by atoms with Crippen molar-refractivity contribution in [1.82, 2.24) is 4.72 Å². The van der Waals surface area contributed by atoms with Crippen LogP contribution in [0.1, 0.15) is 31.2 Å². The summed E-state index contributed by atoms with van der Waals surface area (Å²) in [5.41, 5.74) is 2.00. The molecule has 0 bridgehead atoms. The molecule has 2 aromatic rings. The van der Waals surface area contributed by atoms with Gasteiger partial charge in [0.05, 0.1) is 9.92 Å². The zero-order valence-electron chi connectivity index (χ0n) is 16.2. The van der Waals surface area contributed by atoms with E-state index in [1.165, 1.54) is 18.2 Å². The first-order valence-corrected chi connectivity index (χ1v) is 12.5. The Morgan fingerprint density at radius 2 is 1.97 bits per heavy atom. The van der Waals surface area contributed by atoms with Gasteiger partial charge in [0.25, 0.3) is 5.91 Å². The third kappa shape index (κ3) is 4.66. The number of carbonyl (C=O) groups excluding carboxylic acids is 1. The fraction of sp³-hybridized carbons (Fsp3) is 0.381. The second-order valence-corrected chi connectivity index (χ2v) is 10.6. The number of hydrogen-bond donors (Lipinski definition) is 1. The van der Waals surface area contributed by atoms with E-state index >= 15 is 0 Å². The highest BCUT2D eigenvalue weighted by Crippen LogP contribution is 2.32. The summed E-state index contributed by atoms with van der Waals surface area (Å²) < 4.78 is 34.4. The van der Waals surface area contributed by atoms with Crippen molar-refractivity contribution < 1.29 is 17.9 Å². The zero-order valence-corrected chi connectivity index (χ0v) is 19.4. The normalized spacial score (nSPS) is 16.7. The van der Waals surface area contributed by atoms with Crippen LogP contribution < -0.4 is 14.4 Å². The maximum Gasteiger partial charge on any atom is 0.264 e. The van der Waals surface area contributed by atoms with Gasteiger partial charge in [0.15, 0.2) is 6.61 Å². The van der Waals surface area contributed by atoms with E-state index in [-0.39, 0.29) is 34.2 Å². The van der Waals surface area contributed by atoms with Crippen LogP contribution in [0.4, 0.5) is 5.69 Å². The molecule has 0 atom stereocenters. The van der Waals surface area contributed by atoms with Gasteiger partial charge in [-0.2, -0.15) is 0 Å². The first kappa shape index (κ1) is 21.6. The number of nitrogens with zero attached hydrogens (tertiary/aromatic N) is 1. The maximum atomic E-state index is 12.6. The first-order chi connectivity index (χ1) is 14.3. The van der Waals surface area contributed by atoms with E-state index in [1.54, 1.807) is 4.90 Å². The van der Waals surface area contributed by atoms with E-state index in [0.717, 1.165) is 47.8 Å². The van der Waals surface area contributed by atoms with E-state index in [2.05, 4.69) is 20.7 Å². The Morgan fingerprint density at radius 3 is 2.70 bits per heavy atom. The number of hydrogen-bond acceptors (Lipinski definition) is 4. The summed E-state index contributed by atoms with van der Waals surface area (Å²) in [4.78, 5) is 14.4. The first-order valence-electron chi connectivity index (χ1n) is 9.87. The summed E-state index contributed by atoms with van der Waals surface area (Å²) in [5, 5.41) is 0.155. The van der Waals surface area contributed by atoms with Gasteiger partial charge < -0.3 is 9.64 Å². The van der Waals surface area contributed by atoms with Crippen molar-refractivity contribution in [2.75, 3.05) is 18.1 Å². The van der Waals surface area contributed by atoms with Crippen LogP contribution >= 0.6 is 27.5 Å². The number of ether oxygens (including phenoxy) is 1. The van der Waals surface area contributed by atoms with E-state index in [9.17, 15) is 13.2 Å². The third-order valence-electron chi connectivity index (χ3n) is 5.48. The molecule has 0 aromatic heterocycles. The molecule has 1 aliphatic carbocycles. The number of halogens is 2. The molecule has 2 aliphatic rings. The minimum absolute atomic E-state index is 0.0220. The molecule has 1 saturated carbocycles. The second kappa shape index (κ2) is 8.86. The largest absolute Gasteiger partial charge is 0.482 e. The van der Waals surface area contributed by atoms with E-state index in [0.29, 0.717) is 6.54 Å². The topological polar surface area (TPSA) is 75.7 Å². The molecule has 4 rings (SSSR count). The summed E-state index contributed by atoms with van der Waals surface area (Å²) in [6, 6.07) is 10.1.